The summed E-state index contributed by atoms with van der Waals surface area (Å²) in [4.78, 5) is 29.9. The van der Waals surface area contributed by atoms with E-state index in [1.54, 1.807) is 30.3 Å². The van der Waals surface area contributed by atoms with Gasteiger partial charge in [0, 0.05) is 24.2 Å². The molecule has 30 heavy (non-hydrogen) atoms. The van der Waals surface area contributed by atoms with Gasteiger partial charge in [0.15, 0.2) is 5.16 Å². The second kappa shape index (κ2) is 9.97. The van der Waals surface area contributed by atoms with E-state index in [1.165, 1.54) is 23.4 Å². The molecule has 0 saturated carbocycles. The summed E-state index contributed by atoms with van der Waals surface area (Å²) in [5, 5.41) is 13.5. The lowest BCUT2D eigenvalue weighted by Crippen LogP contribution is -2.25. The molecule has 0 aliphatic carbocycles. The first kappa shape index (κ1) is 22.1. The van der Waals surface area contributed by atoms with Gasteiger partial charge in [-0.25, -0.2) is 4.98 Å². The minimum atomic E-state index is -0.267. The van der Waals surface area contributed by atoms with E-state index < -0.39 is 0 Å². The molecule has 2 N–H and O–H groups in total. The Morgan fingerprint density at radius 3 is 2.83 bits per heavy atom. The lowest BCUT2D eigenvalue weighted by atomic mass is 10.2. The molecule has 0 aliphatic rings. The Bertz CT molecular complexity index is 1130. The van der Waals surface area contributed by atoms with Crippen LogP contribution in [0, 0.1) is 6.92 Å². The van der Waals surface area contributed by atoms with Gasteiger partial charge in [0.05, 0.1) is 29.5 Å². The van der Waals surface area contributed by atoms with Crippen molar-refractivity contribution < 1.29 is 14.6 Å². The minimum absolute atomic E-state index is 0.0421. The molecule has 0 atom stereocenters. The Kier molecular flexibility index (Phi) is 7.36. The van der Waals surface area contributed by atoms with E-state index in [-0.39, 0.29) is 23.8 Å². The molecule has 1 heterocycles. The smallest absolute Gasteiger partial charge is 0.262 e. The molecule has 0 fully saturated rings. The predicted octanol–water partition coefficient (Wildman–Crippen LogP) is 3.48. The molecular weight excluding hydrogens is 426 g/mol. The molecular formula is C21H22ClN3O4S. The molecule has 0 aliphatic heterocycles. The zero-order valence-corrected chi connectivity index (χ0v) is 18.2. The molecule has 0 saturated heterocycles. The van der Waals surface area contributed by atoms with Gasteiger partial charge in [-0.3, -0.25) is 14.2 Å². The maximum atomic E-state index is 12.8. The van der Waals surface area contributed by atoms with Crippen molar-refractivity contribution in [2.45, 2.75) is 25.0 Å². The number of anilines is 1. The fourth-order valence-corrected chi connectivity index (χ4v) is 3.91. The first-order chi connectivity index (χ1) is 14.4. The van der Waals surface area contributed by atoms with Gasteiger partial charge in [0.2, 0.25) is 5.91 Å². The summed E-state index contributed by atoms with van der Waals surface area (Å²) in [6.07, 6.45) is 0.418. The van der Waals surface area contributed by atoms with Crippen LogP contribution in [0.3, 0.4) is 0 Å². The molecule has 0 bridgehead atoms. The number of aliphatic hydroxyl groups is 1. The molecule has 1 aromatic heterocycles. The number of rotatable bonds is 8. The second-order valence-corrected chi connectivity index (χ2v) is 7.93. The summed E-state index contributed by atoms with van der Waals surface area (Å²) in [6.45, 7) is 2.12. The van der Waals surface area contributed by atoms with Crippen molar-refractivity contribution in [3.05, 3.63) is 57.3 Å². The number of amides is 1. The van der Waals surface area contributed by atoms with Gasteiger partial charge in [-0.2, -0.15) is 0 Å². The van der Waals surface area contributed by atoms with E-state index in [9.17, 15) is 9.59 Å². The van der Waals surface area contributed by atoms with Crippen LogP contribution < -0.4 is 15.6 Å². The third-order valence-electron chi connectivity index (χ3n) is 4.45. The SMILES string of the molecule is COc1cc(Cl)c(C)cc1NC(=O)CSc1nc2ccccc2c(=O)n1CCCO. The van der Waals surface area contributed by atoms with Gasteiger partial charge >= 0.3 is 0 Å². The van der Waals surface area contributed by atoms with Crippen LogP contribution in [0.15, 0.2) is 46.3 Å². The van der Waals surface area contributed by atoms with Crippen LogP contribution in [-0.4, -0.2) is 40.0 Å². The number of para-hydroxylation sites is 1. The quantitative estimate of drug-likeness (QED) is 0.405. The number of aromatic nitrogens is 2. The monoisotopic (exact) mass is 447 g/mol. The Labute approximate surface area is 183 Å². The second-order valence-electron chi connectivity index (χ2n) is 6.58. The van der Waals surface area contributed by atoms with Crippen molar-refractivity contribution in [1.82, 2.24) is 9.55 Å². The predicted molar refractivity (Wildman–Crippen MR) is 120 cm³/mol. The lowest BCUT2D eigenvalue weighted by Gasteiger charge is -2.14. The number of fused-ring (bicyclic) bond motifs is 1. The molecule has 1 amide bonds. The zero-order valence-electron chi connectivity index (χ0n) is 16.6. The number of nitrogens with zero attached hydrogens (tertiary/aromatic N) is 2. The zero-order chi connectivity index (χ0) is 21.7. The van der Waals surface area contributed by atoms with Gasteiger partial charge in [-0.05, 0) is 37.1 Å². The number of carbonyl (C=O) groups is 1. The van der Waals surface area contributed by atoms with Crippen LogP contribution in [0.2, 0.25) is 5.02 Å². The van der Waals surface area contributed by atoms with Crippen molar-refractivity contribution in [1.29, 1.82) is 0 Å². The first-order valence-corrected chi connectivity index (χ1v) is 10.7. The van der Waals surface area contributed by atoms with E-state index in [0.717, 1.165) is 5.56 Å². The highest BCUT2D eigenvalue weighted by atomic mass is 35.5. The number of carbonyl (C=O) groups excluding carboxylic acids is 1. The van der Waals surface area contributed by atoms with E-state index in [0.29, 0.717) is 45.5 Å². The van der Waals surface area contributed by atoms with Crippen LogP contribution in [0.5, 0.6) is 5.75 Å². The molecule has 7 nitrogen and oxygen atoms in total. The summed E-state index contributed by atoms with van der Waals surface area (Å²) in [7, 11) is 1.50. The average Bonchev–Trinajstić information content (AvgIpc) is 2.74. The molecule has 3 aromatic rings. The van der Waals surface area contributed by atoms with E-state index in [1.807, 2.05) is 13.0 Å². The highest BCUT2D eigenvalue weighted by molar-refractivity contribution is 7.99. The number of benzene rings is 2. The van der Waals surface area contributed by atoms with Crippen molar-refractivity contribution in [2.75, 3.05) is 24.8 Å². The van der Waals surface area contributed by atoms with Gasteiger partial charge in [-0.1, -0.05) is 35.5 Å². The van der Waals surface area contributed by atoms with Crippen molar-refractivity contribution in [2.24, 2.45) is 0 Å². The number of aliphatic hydroxyl groups excluding tert-OH is 1. The number of thioether (sulfide) groups is 1. The van der Waals surface area contributed by atoms with E-state index in [4.69, 9.17) is 21.4 Å². The maximum Gasteiger partial charge on any atom is 0.262 e. The first-order valence-electron chi connectivity index (χ1n) is 9.31. The number of ether oxygens (including phenoxy) is 1. The normalized spacial score (nSPS) is 10.9. The Hall–Kier alpha value is -2.55. The van der Waals surface area contributed by atoms with Crippen LogP contribution in [0.1, 0.15) is 12.0 Å². The van der Waals surface area contributed by atoms with Crippen molar-refractivity contribution in [3.8, 4) is 5.75 Å². The molecule has 9 heteroatoms. The van der Waals surface area contributed by atoms with Crippen LogP contribution in [0.25, 0.3) is 10.9 Å². The van der Waals surface area contributed by atoms with E-state index in [2.05, 4.69) is 10.3 Å². The topological polar surface area (TPSA) is 93.5 Å². The van der Waals surface area contributed by atoms with Gasteiger partial charge < -0.3 is 15.2 Å². The Balaban J connectivity index is 1.82. The van der Waals surface area contributed by atoms with Gasteiger partial charge in [-0.15, -0.1) is 0 Å². The standard InChI is InChI=1S/C21H22ClN3O4S/c1-13-10-17(18(29-2)11-15(13)22)23-19(27)12-30-21-24-16-7-4-3-6-14(16)20(28)25(21)8-5-9-26/h3-4,6-7,10-11,26H,5,8-9,12H2,1-2H3,(H,23,27). The third kappa shape index (κ3) is 4.95. The lowest BCUT2D eigenvalue weighted by molar-refractivity contribution is -0.113. The number of halogens is 1. The summed E-state index contributed by atoms with van der Waals surface area (Å²) < 4.78 is 6.79. The van der Waals surface area contributed by atoms with E-state index >= 15 is 0 Å². The Morgan fingerprint density at radius 2 is 2.10 bits per heavy atom. The molecule has 0 unspecified atom stereocenters. The molecule has 2 aromatic carbocycles. The minimum Gasteiger partial charge on any atom is -0.495 e. The third-order valence-corrected chi connectivity index (χ3v) is 5.84. The Morgan fingerprint density at radius 1 is 1.33 bits per heavy atom. The van der Waals surface area contributed by atoms with Gasteiger partial charge in [0.25, 0.3) is 5.56 Å². The molecule has 3 rings (SSSR count). The maximum absolute atomic E-state index is 12.8. The summed E-state index contributed by atoms with van der Waals surface area (Å²) in [6, 6.07) is 10.5. The highest BCUT2D eigenvalue weighted by Crippen LogP contribution is 2.31. The molecule has 0 radical (unpaired) electrons. The number of hydrogen-bond donors (Lipinski definition) is 2. The van der Waals surface area contributed by atoms with Crippen LogP contribution >= 0.6 is 23.4 Å². The molecule has 0 spiro atoms. The number of methoxy groups -OCH3 is 1. The number of nitrogens with one attached hydrogen (secondary N) is 1. The fraction of sp³-hybridized carbons (Fsp3) is 0.286. The summed E-state index contributed by atoms with van der Waals surface area (Å²) in [5.74, 6) is 0.248. The van der Waals surface area contributed by atoms with Crippen LogP contribution in [0.4, 0.5) is 5.69 Å². The summed E-state index contributed by atoms with van der Waals surface area (Å²) >= 11 is 7.27. The summed E-state index contributed by atoms with van der Waals surface area (Å²) in [5.41, 5.74) is 1.72. The van der Waals surface area contributed by atoms with Crippen molar-refractivity contribution >= 4 is 45.9 Å². The fourth-order valence-electron chi connectivity index (χ4n) is 2.93. The largest absolute Gasteiger partial charge is 0.495 e. The van der Waals surface area contributed by atoms with Crippen molar-refractivity contribution in [3.63, 3.8) is 0 Å². The van der Waals surface area contributed by atoms with Crippen LogP contribution in [-0.2, 0) is 11.3 Å². The molecule has 158 valence electrons. The average molecular weight is 448 g/mol. The highest BCUT2D eigenvalue weighted by Gasteiger charge is 2.15. The number of hydrogen-bond acceptors (Lipinski definition) is 6. The van der Waals surface area contributed by atoms with Gasteiger partial charge in [0.1, 0.15) is 5.75 Å². The number of aryl methyl sites for hydroxylation is 1.